The minimum absolute atomic E-state index is 0.101. The number of aryl methyl sites for hydroxylation is 2. The molecule has 1 N–H and O–H groups in total. The standard InChI is InChI=1S/C26H34FN5O2/c1-17(2)14-32-15-23(9-6-18(32)3)31-26-29-12-19(13-30-26)7-8-20-10-21(25(33)28-4)11-22(16-34-5)24(20)27/h6,9-13,17-18H,7-8,14-16H2,1-5H3,(H,28,33). The SMILES string of the molecule is CNC(=O)c1cc(CCc2cnc(N=C3C=CC(C)N(CC(C)C)C3)nc2)c(F)c(COC)c1. The highest BCUT2D eigenvalue weighted by molar-refractivity contribution is 5.98. The molecule has 182 valence electrons. The quantitative estimate of drug-likeness (QED) is 0.605. The Morgan fingerprint density at radius 3 is 2.62 bits per heavy atom. The minimum Gasteiger partial charge on any atom is -0.380 e. The van der Waals surface area contributed by atoms with Crippen LogP contribution in [0.2, 0.25) is 0 Å². The maximum absolute atomic E-state index is 14.9. The first-order valence-corrected chi connectivity index (χ1v) is 11.6. The number of hydrogen-bond acceptors (Lipinski definition) is 6. The number of rotatable bonds is 9. The highest BCUT2D eigenvalue weighted by Crippen LogP contribution is 2.20. The van der Waals surface area contributed by atoms with Gasteiger partial charge in [0.2, 0.25) is 5.95 Å². The lowest BCUT2D eigenvalue weighted by Crippen LogP contribution is -2.41. The van der Waals surface area contributed by atoms with Crippen LogP contribution >= 0.6 is 0 Å². The number of ether oxygens (including phenoxy) is 1. The van der Waals surface area contributed by atoms with Gasteiger partial charge in [0.1, 0.15) is 5.82 Å². The monoisotopic (exact) mass is 467 g/mol. The average Bonchev–Trinajstić information content (AvgIpc) is 2.82. The van der Waals surface area contributed by atoms with E-state index in [2.05, 4.69) is 52.0 Å². The van der Waals surface area contributed by atoms with Gasteiger partial charge in [-0.2, -0.15) is 0 Å². The molecule has 1 aromatic heterocycles. The molecule has 34 heavy (non-hydrogen) atoms. The molecule has 1 amide bonds. The molecular formula is C26H34FN5O2. The van der Waals surface area contributed by atoms with Crippen molar-refractivity contribution < 1.29 is 13.9 Å². The molecule has 0 bridgehead atoms. The Morgan fingerprint density at radius 1 is 1.26 bits per heavy atom. The molecule has 0 radical (unpaired) electrons. The third-order valence-corrected chi connectivity index (χ3v) is 5.74. The molecule has 0 aliphatic carbocycles. The van der Waals surface area contributed by atoms with Gasteiger partial charge in [-0.05, 0) is 55.0 Å². The molecule has 1 aromatic carbocycles. The fraction of sp³-hybridized carbons (Fsp3) is 0.462. The van der Waals surface area contributed by atoms with Crippen LogP contribution in [0.25, 0.3) is 0 Å². The Hall–Kier alpha value is -2.97. The molecule has 2 aromatic rings. The molecular weight excluding hydrogens is 433 g/mol. The van der Waals surface area contributed by atoms with Crippen molar-refractivity contribution in [3.63, 3.8) is 0 Å². The predicted molar refractivity (Wildman–Crippen MR) is 132 cm³/mol. The molecule has 1 aliphatic rings. The van der Waals surface area contributed by atoms with Gasteiger partial charge in [-0.1, -0.05) is 19.9 Å². The zero-order valence-corrected chi connectivity index (χ0v) is 20.6. The fourth-order valence-corrected chi connectivity index (χ4v) is 3.96. The second kappa shape index (κ2) is 11.9. The van der Waals surface area contributed by atoms with Crippen LogP contribution in [-0.4, -0.2) is 59.8 Å². The Morgan fingerprint density at radius 2 is 1.97 bits per heavy atom. The molecule has 7 nitrogen and oxygen atoms in total. The van der Waals surface area contributed by atoms with Crippen molar-refractivity contribution in [2.45, 2.75) is 46.3 Å². The number of methoxy groups -OCH3 is 1. The van der Waals surface area contributed by atoms with Crippen LogP contribution in [0, 0.1) is 11.7 Å². The maximum atomic E-state index is 14.9. The van der Waals surface area contributed by atoms with Crippen molar-refractivity contribution in [3.05, 3.63) is 64.7 Å². The van der Waals surface area contributed by atoms with E-state index in [0.717, 1.165) is 24.4 Å². The Bertz CT molecular complexity index is 1050. The zero-order valence-electron chi connectivity index (χ0n) is 20.6. The van der Waals surface area contributed by atoms with E-state index < -0.39 is 0 Å². The number of hydrogen-bond donors (Lipinski definition) is 1. The van der Waals surface area contributed by atoms with Gasteiger partial charge in [-0.25, -0.2) is 19.4 Å². The van der Waals surface area contributed by atoms with Gasteiger partial charge in [0.15, 0.2) is 0 Å². The largest absolute Gasteiger partial charge is 0.380 e. The summed E-state index contributed by atoms with van der Waals surface area (Å²) >= 11 is 0. The van der Waals surface area contributed by atoms with Crippen molar-refractivity contribution in [1.29, 1.82) is 0 Å². The summed E-state index contributed by atoms with van der Waals surface area (Å²) in [5.41, 5.74) is 3.04. The van der Waals surface area contributed by atoms with Crippen LogP contribution < -0.4 is 5.32 Å². The number of carbonyl (C=O) groups is 1. The number of aliphatic imine (C=N–C) groups is 1. The lowest BCUT2D eigenvalue weighted by atomic mass is 9.99. The lowest BCUT2D eigenvalue weighted by Gasteiger charge is -2.31. The lowest BCUT2D eigenvalue weighted by molar-refractivity contribution is 0.0962. The third-order valence-electron chi connectivity index (χ3n) is 5.74. The summed E-state index contributed by atoms with van der Waals surface area (Å²) in [7, 11) is 3.05. The molecule has 1 atom stereocenters. The Kier molecular flexibility index (Phi) is 9.01. The number of aromatic nitrogens is 2. The van der Waals surface area contributed by atoms with Crippen LogP contribution in [0.5, 0.6) is 0 Å². The average molecular weight is 468 g/mol. The zero-order chi connectivity index (χ0) is 24.7. The molecule has 1 unspecified atom stereocenters. The van der Waals surface area contributed by atoms with Crippen LogP contribution in [-0.2, 0) is 24.2 Å². The normalized spacial score (nSPS) is 17.5. The molecule has 2 heterocycles. The second-order valence-corrected chi connectivity index (χ2v) is 9.04. The van der Waals surface area contributed by atoms with E-state index in [0.29, 0.717) is 47.4 Å². The van der Waals surface area contributed by atoms with Gasteiger partial charge >= 0.3 is 0 Å². The van der Waals surface area contributed by atoms with Gasteiger partial charge in [-0.15, -0.1) is 0 Å². The Balaban J connectivity index is 1.70. The number of nitrogens with zero attached hydrogens (tertiary/aromatic N) is 4. The first-order chi connectivity index (χ1) is 16.3. The second-order valence-electron chi connectivity index (χ2n) is 9.04. The summed E-state index contributed by atoms with van der Waals surface area (Å²) in [5.74, 6) is 0.391. The molecule has 0 saturated carbocycles. The van der Waals surface area contributed by atoms with E-state index in [1.54, 1.807) is 25.5 Å². The molecule has 3 rings (SSSR count). The van der Waals surface area contributed by atoms with Gasteiger partial charge in [0.05, 0.1) is 12.3 Å². The van der Waals surface area contributed by atoms with E-state index in [1.807, 2.05) is 6.08 Å². The van der Waals surface area contributed by atoms with E-state index in [-0.39, 0.29) is 18.3 Å². The van der Waals surface area contributed by atoms with Gasteiger partial charge < -0.3 is 10.1 Å². The number of carbonyl (C=O) groups excluding carboxylic acids is 1. The number of nitrogens with one attached hydrogen (secondary N) is 1. The molecule has 8 heteroatoms. The third kappa shape index (κ3) is 6.77. The fourth-order valence-electron chi connectivity index (χ4n) is 3.96. The Labute approximate surface area is 201 Å². The summed E-state index contributed by atoms with van der Waals surface area (Å²) in [4.78, 5) is 27.9. The molecule has 0 saturated heterocycles. The minimum atomic E-state index is -0.345. The summed E-state index contributed by atoms with van der Waals surface area (Å²) < 4.78 is 20.0. The maximum Gasteiger partial charge on any atom is 0.251 e. The van der Waals surface area contributed by atoms with Gasteiger partial charge in [0, 0.05) is 56.8 Å². The van der Waals surface area contributed by atoms with Crippen LogP contribution in [0.4, 0.5) is 10.3 Å². The van der Waals surface area contributed by atoms with E-state index >= 15 is 0 Å². The van der Waals surface area contributed by atoms with Crippen molar-refractivity contribution >= 4 is 17.6 Å². The number of halogens is 1. The first-order valence-electron chi connectivity index (χ1n) is 11.6. The van der Waals surface area contributed by atoms with Crippen LogP contribution in [0.3, 0.4) is 0 Å². The van der Waals surface area contributed by atoms with Crippen molar-refractivity contribution in [3.8, 4) is 0 Å². The first kappa shape index (κ1) is 25.6. The number of amides is 1. The highest BCUT2D eigenvalue weighted by atomic mass is 19.1. The van der Waals surface area contributed by atoms with E-state index in [9.17, 15) is 9.18 Å². The molecule has 1 aliphatic heterocycles. The molecule has 0 fully saturated rings. The van der Waals surface area contributed by atoms with Crippen molar-refractivity contribution in [2.75, 3.05) is 27.2 Å². The molecule has 0 spiro atoms. The topological polar surface area (TPSA) is 79.7 Å². The predicted octanol–water partition coefficient (Wildman–Crippen LogP) is 3.90. The summed E-state index contributed by atoms with van der Waals surface area (Å²) in [6.45, 7) is 8.49. The highest BCUT2D eigenvalue weighted by Gasteiger charge is 2.19. The van der Waals surface area contributed by atoms with Gasteiger partial charge in [0.25, 0.3) is 5.91 Å². The number of benzene rings is 1. The summed E-state index contributed by atoms with van der Waals surface area (Å²) in [5, 5.41) is 2.58. The summed E-state index contributed by atoms with van der Waals surface area (Å²) in [6.07, 6.45) is 8.59. The van der Waals surface area contributed by atoms with Crippen molar-refractivity contribution in [2.24, 2.45) is 10.9 Å². The van der Waals surface area contributed by atoms with Crippen LogP contribution in [0.1, 0.15) is 47.8 Å². The summed E-state index contributed by atoms with van der Waals surface area (Å²) in [6, 6.07) is 3.51. The smallest absolute Gasteiger partial charge is 0.251 e. The van der Waals surface area contributed by atoms with E-state index in [1.165, 1.54) is 13.2 Å². The van der Waals surface area contributed by atoms with E-state index in [4.69, 9.17) is 4.74 Å². The van der Waals surface area contributed by atoms with Crippen LogP contribution in [0.15, 0.2) is 41.7 Å². The van der Waals surface area contributed by atoms with Gasteiger partial charge in [-0.3, -0.25) is 9.69 Å². The van der Waals surface area contributed by atoms with Crippen molar-refractivity contribution in [1.82, 2.24) is 20.2 Å².